The van der Waals surface area contributed by atoms with Crippen molar-refractivity contribution in [1.82, 2.24) is 9.65 Å². The molecule has 0 bridgehead atoms. The number of aromatic nitrogens is 1. The summed E-state index contributed by atoms with van der Waals surface area (Å²) in [5.41, 5.74) is 8.49. The van der Waals surface area contributed by atoms with Crippen LogP contribution in [-0.2, 0) is 12.2 Å². The number of rotatable bonds is 3. The lowest BCUT2D eigenvalue weighted by molar-refractivity contribution is 1.08. The topological polar surface area (TPSA) is 76.8 Å². The molecule has 2 aromatic rings. The maximum Gasteiger partial charge on any atom is 0.403 e. The van der Waals surface area contributed by atoms with Crippen molar-refractivity contribution in [2.45, 2.75) is 12.2 Å². The first-order chi connectivity index (χ1) is 9.74. The fourth-order valence-corrected chi connectivity index (χ4v) is 2.64. The summed E-state index contributed by atoms with van der Waals surface area (Å²) in [6.07, 6.45) is 0.293. The van der Waals surface area contributed by atoms with Crippen LogP contribution in [0.4, 0.5) is 0 Å². The first kappa shape index (κ1) is 14.4. The Morgan fingerprint density at radius 3 is 3.05 bits per heavy atom. The molecule has 2 N–H and O–H groups in total. The highest BCUT2D eigenvalue weighted by Crippen LogP contribution is 2.22. The van der Waals surface area contributed by atoms with Gasteiger partial charge < -0.3 is 0 Å². The summed E-state index contributed by atoms with van der Waals surface area (Å²) < 4.78 is 3.80. The second-order valence-electron chi connectivity index (χ2n) is 3.97. The Labute approximate surface area is 126 Å². The van der Waals surface area contributed by atoms with Crippen molar-refractivity contribution in [1.29, 1.82) is 5.26 Å². The van der Waals surface area contributed by atoms with Crippen molar-refractivity contribution in [3.8, 4) is 6.07 Å². The molecule has 1 aromatic carbocycles. The molecule has 0 aliphatic carbocycles. The van der Waals surface area contributed by atoms with Crippen LogP contribution in [0.2, 0.25) is 0 Å². The molecule has 0 aliphatic rings. The number of nitrogens with two attached hydrogens (primary N) is 1. The lowest BCUT2D eigenvalue weighted by Gasteiger charge is -2.06. The largest absolute Gasteiger partial charge is 0.403 e. The first-order valence-electron chi connectivity index (χ1n) is 5.87. The van der Waals surface area contributed by atoms with E-state index in [4.69, 9.17) is 22.6 Å². The van der Waals surface area contributed by atoms with Crippen molar-refractivity contribution in [3.63, 3.8) is 0 Å². The number of pyridine rings is 1. The number of halogens is 1. The summed E-state index contributed by atoms with van der Waals surface area (Å²) in [4.78, 5) is 4.53. The van der Waals surface area contributed by atoms with Crippen LogP contribution < -0.4 is 10.4 Å². The van der Waals surface area contributed by atoms with Gasteiger partial charge in [0.25, 0.3) is 5.67 Å². The Bertz CT molecular complexity index is 730. The SMILES string of the molecule is N#CCc1cc2ccccc2c(CSC(N)=[N+]=CCl)n1. The van der Waals surface area contributed by atoms with Gasteiger partial charge in [0.1, 0.15) is 0 Å². The van der Waals surface area contributed by atoms with Crippen LogP contribution >= 0.6 is 23.4 Å². The molecular formula is C14H12ClN4S+. The molecule has 1 aromatic heterocycles. The zero-order valence-electron chi connectivity index (χ0n) is 10.6. The summed E-state index contributed by atoms with van der Waals surface area (Å²) in [5.74, 6) is 0.583. The fourth-order valence-electron chi connectivity index (χ4n) is 1.84. The van der Waals surface area contributed by atoms with E-state index in [2.05, 4.69) is 15.7 Å². The van der Waals surface area contributed by atoms with Gasteiger partial charge >= 0.3 is 5.17 Å². The third-order valence-electron chi connectivity index (χ3n) is 2.67. The quantitative estimate of drug-likeness (QED) is 0.535. The number of thioether (sulfide) groups is 1. The van der Waals surface area contributed by atoms with Gasteiger partial charge in [-0.05, 0) is 34.8 Å². The molecule has 2 rings (SSSR count). The molecule has 100 valence electrons. The summed E-state index contributed by atoms with van der Waals surface area (Å²) in [5, 5.41) is 11.3. The second kappa shape index (κ2) is 6.97. The van der Waals surface area contributed by atoms with Gasteiger partial charge in [0.15, 0.2) is 0 Å². The molecule has 0 fully saturated rings. The highest BCUT2D eigenvalue weighted by molar-refractivity contribution is 8.13. The van der Waals surface area contributed by atoms with Crippen molar-refractivity contribution < 1.29 is 0 Å². The molecule has 0 saturated carbocycles. The minimum Gasteiger partial charge on any atom is -0.267 e. The number of benzene rings is 1. The Kier molecular flexibility index (Phi) is 5.03. The summed E-state index contributed by atoms with van der Waals surface area (Å²) in [6, 6.07) is 12.0. The summed E-state index contributed by atoms with van der Waals surface area (Å²) in [6.45, 7) is 0. The average molecular weight is 304 g/mol. The van der Waals surface area contributed by atoms with Gasteiger partial charge in [-0.2, -0.15) is 9.93 Å². The van der Waals surface area contributed by atoms with E-state index in [1.807, 2.05) is 30.3 Å². The third-order valence-corrected chi connectivity index (χ3v) is 3.58. The predicted octanol–water partition coefficient (Wildman–Crippen LogP) is 2.18. The molecule has 4 nitrogen and oxygen atoms in total. The highest BCUT2D eigenvalue weighted by atomic mass is 35.5. The molecule has 0 saturated heterocycles. The Hall–Kier alpha value is -1.99. The molecule has 1 heterocycles. The Morgan fingerprint density at radius 2 is 2.30 bits per heavy atom. The van der Waals surface area contributed by atoms with Crippen molar-refractivity contribution in [2.75, 3.05) is 0 Å². The molecule has 0 aliphatic heterocycles. The van der Waals surface area contributed by atoms with E-state index in [0.29, 0.717) is 17.3 Å². The van der Waals surface area contributed by atoms with E-state index in [0.717, 1.165) is 27.8 Å². The highest BCUT2D eigenvalue weighted by Gasteiger charge is 2.09. The summed E-state index contributed by atoms with van der Waals surface area (Å²) in [7, 11) is 0. The number of hydrogen-bond acceptors (Lipinski definition) is 3. The van der Waals surface area contributed by atoms with Gasteiger partial charge in [-0.3, -0.25) is 10.7 Å². The Balaban J connectivity index is 2.39. The number of hydrogen-bond donors (Lipinski definition) is 1. The lowest BCUT2D eigenvalue weighted by Crippen LogP contribution is -2.10. The number of nitriles is 1. The minimum atomic E-state index is 0.293. The van der Waals surface area contributed by atoms with Crippen LogP contribution in [0.1, 0.15) is 11.4 Å². The Morgan fingerprint density at radius 1 is 1.50 bits per heavy atom. The maximum absolute atomic E-state index is 8.82. The molecule has 0 radical (unpaired) electrons. The normalized spacial score (nSPS) is 9.80. The van der Waals surface area contributed by atoms with Crippen molar-refractivity contribution in [2.24, 2.45) is 5.73 Å². The molecule has 20 heavy (non-hydrogen) atoms. The van der Waals surface area contributed by atoms with Gasteiger partial charge in [-0.15, -0.1) is 0 Å². The molecule has 0 unspecified atom stereocenters. The maximum atomic E-state index is 8.82. The number of fused-ring (bicyclic) bond motifs is 1. The van der Waals surface area contributed by atoms with Crippen LogP contribution in [0.3, 0.4) is 0 Å². The van der Waals surface area contributed by atoms with Crippen molar-refractivity contribution in [3.05, 3.63) is 41.7 Å². The van der Waals surface area contributed by atoms with Crippen LogP contribution in [-0.4, -0.2) is 15.8 Å². The third kappa shape index (κ3) is 3.52. The minimum absolute atomic E-state index is 0.293. The van der Waals surface area contributed by atoms with E-state index >= 15 is 0 Å². The van der Waals surface area contributed by atoms with Crippen LogP contribution in [0.25, 0.3) is 10.8 Å². The average Bonchev–Trinajstić information content (AvgIpc) is 2.45. The van der Waals surface area contributed by atoms with Gasteiger partial charge in [0.05, 0.1) is 23.9 Å². The number of nitrogens with zero attached hydrogens (tertiary/aromatic N) is 3. The predicted molar refractivity (Wildman–Crippen MR) is 85.6 cm³/mol. The zero-order valence-corrected chi connectivity index (χ0v) is 12.2. The van der Waals surface area contributed by atoms with Crippen LogP contribution in [0, 0.1) is 11.3 Å². The van der Waals surface area contributed by atoms with Gasteiger partial charge in [0.2, 0.25) is 0 Å². The van der Waals surface area contributed by atoms with E-state index in [9.17, 15) is 0 Å². The number of amidine groups is 1. The van der Waals surface area contributed by atoms with E-state index in [-0.39, 0.29) is 0 Å². The van der Waals surface area contributed by atoms with Crippen LogP contribution in [0.15, 0.2) is 30.3 Å². The summed E-state index contributed by atoms with van der Waals surface area (Å²) >= 11 is 6.74. The molecular weight excluding hydrogens is 292 g/mol. The smallest absolute Gasteiger partial charge is 0.267 e. The lowest BCUT2D eigenvalue weighted by atomic mass is 10.1. The van der Waals surface area contributed by atoms with E-state index in [1.165, 1.54) is 11.8 Å². The van der Waals surface area contributed by atoms with Crippen LogP contribution in [0.5, 0.6) is 0 Å². The second-order valence-corrected chi connectivity index (χ2v) is 5.16. The molecule has 0 atom stereocenters. The zero-order chi connectivity index (χ0) is 14.4. The molecule has 6 heteroatoms. The van der Waals surface area contributed by atoms with Gasteiger partial charge in [-0.25, -0.2) is 0 Å². The fraction of sp³-hybridized carbons (Fsp3) is 0.143. The van der Waals surface area contributed by atoms with E-state index in [1.54, 1.807) is 0 Å². The van der Waals surface area contributed by atoms with Gasteiger partial charge in [-0.1, -0.05) is 24.3 Å². The monoisotopic (exact) mass is 303 g/mol. The molecule has 0 amide bonds. The first-order valence-corrected chi connectivity index (χ1v) is 7.29. The van der Waals surface area contributed by atoms with Gasteiger partial charge in [0, 0.05) is 11.1 Å². The molecule has 0 spiro atoms. The van der Waals surface area contributed by atoms with Crippen molar-refractivity contribution >= 4 is 45.0 Å². The van der Waals surface area contributed by atoms with E-state index < -0.39 is 0 Å². The standard InChI is InChI=1S/C14H11ClN4S/c15-9-18-14(17)20-8-13-12-4-2-1-3-10(12)7-11(19-13)5-6-16/h1-4,7,9,17H,5,8H2/p+1.